The van der Waals surface area contributed by atoms with Crippen molar-refractivity contribution in [3.8, 4) is 6.07 Å². The summed E-state index contributed by atoms with van der Waals surface area (Å²) in [5.41, 5.74) is 7.96. The van der Waals surface area contributed by atoms with Crippen LogP contribution in [-0.2, 0) is 6.54 Å². The highest BCUT2D eigenvalue weighted by atomic mass is 15.2. The van der Waals surface area contributed by atoms with Gasteiger partial charge in [0, 0.05) is 25.0 Å². The molecular formula is C15H17N5. The van der Waals surface area contributed by atoms with E-state index in [4.69, 9.17) is 11.0 Å². The lowest BCUT2D eigenvalue weighted by molar-refractivity contribution is 0.738. The molecule has 0 aliphatic carbocycles. The van der Waals surface area contributed by atoms with Gasteiger partial charge in [0.1, 0.15) is 11.8 Å². The van der Waals surface area contributed by atoms with Crippen molar-refractivity contribution in [3.05, 3.63) is 47.8 Å². The molecule has 20 heavy (non-hydrogen) atoms. The Morgan fingerprint density at radius 3 is 2.65 bits per heavy atom. The lowest BCUT2D eigenvalue weighted by Gasteiger charge is -2.22. The van der Waals surface area contributed by atoms with Gasteiger partial charge in [-0.15, -0.1) is 0 Å². The zero-order valence-electron chi connectivity index (χ0n) is 11.5. The van der Waals surface area contributed by atoms with E-state index in [1.54, 1.807) is 12.3 Å². The molecule has 1 aromatic carbocycles. The summed E-state index contributed by atoms with van der Waals surface area (Å²) in [6, 6.07) is 11.4. The number of nitrogens with two attached hydrogens (primary N) is 1. The van der Waals surface area contributed by atoms with Crippen LogP contribution >= 0.6 is 0 Å². The van der Waals surface area contributed by atoms with Crippen LogP contribution in [0.1, 0.15) is 24.6 Å². The van der Waals surface area contributed by atoms with Gasteiger partial charge in [0.05, 0.1) is 0 Å². The van der Waals surface area contributed by atoms with Gasteiger partial charge in [-0.05, 0) is 30.2 Å². The van der Waals surface area contributed by atoms with Gasteiger partial charge in [0.15, 0.2) is 0 Å². The Hall–Kier alpha value is -2.61. The molecule has 0 radical (unpaired) electrons. The Bertz CT molecular complexity index is 600. The number of nitrogens with zero attached hydrogens (tertiary/aromatic N) is 4. The second kappa shape index (κ2) is 6.53. The third kappa shape index (κ3) is 3.45. The Labute approximate surface area is 118 Å². The lowest BCUT2D eigenvalue weighted by Crippen LogP contribution is -2.25. The predicted molar refractivity (Wildman–Crippen MR) is 78.9 cm³/mol. The number of hydrogen-bond donors (Lipinski definition) is 1. The Morgan fingerprint density at radius 2 is 2.00 bits per heavy atom. The third-order valence-corrected chi connectivity index (χ3v) is 2.89. The van der Waals surface area contributed by atoms with Gasteiger partial charge in [0.25, 0.3) is 0 Å². The molecule has 2 rings (SSSR count). The first kappa shape index (κ1) is 13.8. The lowest BCUT2D eigenvalue weighted by atomic mass is 10.2. The van der Waals surface area contributed by atoms with Crippen molar-refractivity contribution in [2.24, 2.45) is 0 Å². The first-order valence-electron chi connectivity index (χ1n) is 6.55. The van der Waals surface area contributed by atoms with Gasteiger partial charge in [0.2, 0.25) is 5.95 Å². The zero-order chi connectivity index (χ0) is 14.4. The second-order valence-electron chi connectivity index (χ2n) is 4.52. The first-order valence-corrected chi connectivity index (χ1v) is 6.55. The van der Waals surface area contributed by atoms with Crippen molar-refractivity contribution < 1.29 is 0 Å². The molecule has 0 fully saturated rings. The fraction of sp³-hybridized carbons (Fsp3) is 0.267. The molecule has 2 N–H and O–H groups in total. The van der Waals surface area contributed by atoms with Gasteiger partial charge in [-0.1, -0.05) is 19.1 Å². The van der Waals surface area contributed by atoms with Crippen LogP contribution in [0.5, 0.6) is 0 Å². The number of hydrogen-bond acceptors (Lipinski definition) is 5. The van der Waals surface area contributed by atoms with E-state index in [1.165, 1.54) is 0 Å². The van der Waals surface area contributed by atoms with E-state index in [1.807, 2.05) is 30.3 Å². The standard InChI is InChI=1S/C15H17N5/c1-2-9-20(11-12-3-5-13(17)6-4-12)15-18-8-7-14(10-16)19-15/h3-8H,2,9,11,17H2,1H3. The Kier molecular flexibility index (Phi) is 4.51. The fourth-order valence-corrected chi connectivity index (χ4v) is 1.93. The number of rotatable bonds is 5. The van der Waals surface area contributed by atoms with Crippen molar-refractivity contribution in [2.75, 3.05) is 17.2 Å². The summed E-state index contributed by atoms with van der Waals surface area (Å²) in [6.45, 7) is 3.63. The third-order valence-electron chi connectivity index (χ3n) is 2.89. The van der Waals surface area contributed by atoms with E-state index < -0.39 is 0 Å². The minimum absolute atomic E-state index is 0.383. The molecule has 5 heteroatoms. The number of nitriles is 1. The smallest absolute Gasteiger partial charge is 0.226 e. The molecule has 0 aliphatic rings. The maximum absolute atomic E-state index is 8.92. The zero-order valence-corrected chi connectivity index (χ0v) is 11.5. The highest BCUT2D eigenvalue weighted by molar-refractivity contribution is 5.41. The molecule has 1 aromatic heterocycles. The van der Waals surface area contributed by atoms with Crippen molar-refractivity contribution >= 4 is 11.6 Å². The molecule has 0 saturated heterocycles. The van der Waals surface area contributed by atoms with Gasteiger partial charge >= 0.3 is 0 Å². The quantitative estimate of drug-likeness (QED) is 0.841. The molecule has 0 bridgehead atoms. The maximum atomic E-state index is 8.92. The molecule has 1 heterocycles. The van der Waals surface area contributed by atoms with Crippen molar-refractivity contribution in [1.29, 1.82) is 5.26 Å². The predicted octanol–water partition coefficient (Wildman–Crippen LogP) is 2.35. The number of nitrogen functional groups attached to an aromatic ring is 1. The summed E-state index contributed by atoms with van der Waals surface area (Å²) in [4.78, 5) is 10.6. The van der Waals surface area contributed by atoms with E-state index in [-0.39, 0.29) is 0 Å². The summed E-state index contributed by atoms with van der Waals surface area (Å²) >= 11 is 0. The van der Waals surface area contributed by atoms with Crippen LogP contribution in [0.4, 0.5) is 11.6 Å². The van der Waals surface area contributed by atoms with Gasteiger partial charge in [-0.25, -0.2) is 9.97 Å². The summed E-state index contributed by atoms with van der Waals surface area (Å²) in [5.74, 6) is 0.586. The van der Waals surface area contributed by atoms with Gasteiger partial charge in [-0.2, -0.15) is 5.26 Å². The molecule has 0 amide bonds. The van der Waals surface area contributed by atoms with Crippen molar-refractivity contribution in [1.82, 2.24) is 9.97 Å². The van der Waals surface area contributed by atoms with E-state index in [0.717, 1.165) is 24.2 Å². The minimum atomic E-state index is 0.383. The highest BCUT2D eigenvalue weighted by Gasteiger charge is 2.10. The first-order chi connectivity index (χ1) is 9.72. The molecule has 2 aromatic rings. The summed E-state index contributed by atoms with van der Waals surface area (Å²) in [7, 11) is 0. The van der Waals surface area contributed by atoms with Gasteiger partial charge < -0.3 is 10.6 Å². The molecule has 102 valence electrons. The van der Waals surface area contributed by atoms with Crippen LogP contribution in [0.2, 0.25) is 0 Å². The van der Waals surface area contributed by atoms with E-state index >= 15 is 0 Å². The normalized spacial score (nSPS) is 10.0. The topological polar surface area (TPSA) is 78.8 Å². The average molecular weight is 267 g/mol. The largest absolute Gasteiger partial charge is 0.399 e. The monoisotopic (exact) mass is 267 g/mol. The molecule has 0 aliphatic heterocycles. The number of anilines is 2. The molecule has 5 nitrogen and oxygen atoms in total. The van der Waals surface area contributed by atoms with Crippen molar-refractivity contribution in [2.45, 2.75) is 19.9 Å². The fourth-order valence-electron chi connectivity index (χ4n) is 1.93. The summed E-state index contributed by atoms with van der Waals surface area (Å²) in [6.07, 6.45) is 2.60. The maximum Gasteiger partial charge on any atom is 0.226 e. The summed E-state index contributed by atoms with van der Waals surface area (Å²) < 4.78 is 0. The van der Waals surface area contributed by atoms with Crippen LogP contribution in [0, 0.1) is 11.3 Å². The second-order valence-corrected chi connectivity index (χ2v) is 4.52. The van der Waals surface area contributed by atoms with E-state index in [9.17, 15) is 0 Å². The molecular weight excluding hydrogens is 250 g/mol. The summed E-state index contributed by atoms with van der Waals surface area (Å²) in [5, 5.41) is 8.92. The number of benzene rings is 1. The minimum Gasteiger partial charge on any atom is -0.399 e. The Balaban J connectivity index is 2.22. The van der Waals surface area contributed by atoms with E-state index in [0.29, 0.717) is 18.2 Å². The van der Waals surface area contributed by atoms with E-state index in [2.05, 4.69) is 21.8 Å². The van der Waals surface area contributed by atoms with Gasteiger partial charge in [-0.3, -0.25) is 0 Å². The average Bonchev–Trinajstić information content (AvgIpc) is 2.49. The van der Waals surface area contributed by atoms with Crippen molar-refractivity contribution in [3.63, 3.8) is 0 Å². The van der Waals surface area contributed by atoms with Crippen LogP contribution in [0.3, 0.4) is 0 Å². The SMILES string of the molecule is CCCN(Cc1ccc(N)cc1)c1nccc(C#N)n1. The number of aromatic nitrogens is 2. The highest BCUT2D eigenvalue weighted by Crippen LogP contribution is 2.14. The molecule has 0 saturated carbocycles. The van der Waals surface area contributed by atoms with Crippen LogP contribution < -0.4 is 10.6 Å². The molecule has 0 atom stereocenters. The Morgan fingerprint density at radius 1 is 1.25 bits per heavy atom. The van der Waals surface area contributed by atoms with Crippen LogP contribution in [0.25, 0.3) is 0 Å². The molecule has 0 spiro atoms. The van der Waals surface area contributed by atoms with Crippen LogP contribution in [0.15, 0.2) is 36.5 Å². The molecule has 0 unspecified atom stereocenters. The van der Waals surface area contributed by atoms with Crippen LogP contribution in [-0.4, -0.2) is 16.5 Å².